The fraction of sp³-hybridized carbons (Fsp3) is 0.684. The zero-order chi connectivity index (χ0) is 15.2. The predicted molar refractivity (Wildman–Crippen MR) is 87.2 cm³/mol. The number of rotatable bonds is 2. The molecule has 1 aromatic rings. The number of ether oxygens (including phenoxy) is 2. The van der Waals surface area contributed by atoms with E-state index in [0.717, 1.165) is 31.9 Å². The Kier molecular flexibility index (Phi) is 3.46. The Morgan fingerprint density at radius 2 is 2.14 bits per heavy atom. The standard InChI is InChI=1S/C19H27NO2/c1-18(2)11-16-10-15(4-5-17(16)22-18)12-20-8-3-6-19(13-20)7-9-21-14-19/h4-5,10H,3,6-9,11-14H2,1-2H3/t19-/m0/s1. The molecule has 0 saturated carbocycles. The van der Waals surface area contributed by atoms with Crippen molar-refractivity contribution in [1.29, 1.82) is 0 Å². The Hall–Kier alpha value is -1.06. The first kappa shape index (κ1) is 14.5. The lowest BCUT2D eigenvalue weighted by molar-refractivity contribution is 0.0645. The van der Waals surface area contributed by atoms with Gasteiger partial charge in [-0.2, -0.15) is 0 Å². The molecule has 22 heavy (non-hydrogen) atoms. The first-order chi connectivity index (χ1) is 10.5. The summed E-state index contributed by atoms with van der Waals surface area (Å²) >= 11 is 0. The van der Waals surface area contributed by atoms with Gasteiger partial charge in [0.05, 0.1) is 6.61 Å². The minimum Gasteiger partial charge on any atom is -0.487 e. The molecule has 4 rings (SSSR count). The molecule has 3 heterocycles. The molecule has 120 valence electrons. The van der Waals surface area contributed by atoms with Crippen LogP contribution in [0.4, 0.5) is 0 Å². The molecular weight excluding hydrogens is 274 g/mol. The largest absolute Gasteiger partial charge is 0.487 e. The normalized spacial score (nSPS) is 30.5. The smallest absolute Gasteiger partial charge is 0.123 e. The van der Waals surface area contributed by atoms with Gasteiger partial charge in [0.15, 0.2) is 0 Å². The lowest BCUT2D eigenvalue weighted by Crippen LogP contribution is -2.43. The number of fused-ring (bicyclic) bond motifs is 1. The number of hydrogen-bond donors (Lipinski definition) is 0. The maximum Gasteiger partial charge on any atom is 0.123 e. The van der Waals surface area contributed by atoms with E-state index in [1.165, 1.54) is 43.5 Å². The van der Waals surface area contributed by atoms with E-state index in [1.54, 1.807) is 0 Å². The molecular formula is C19H27NO2. The maximum absolute atomic E-state index is 5.99. The summed E-state index contributed by atoms with van der Waals surface area (Å²) in [6.07, 6.45) is 4.92. The van der Waals surface area contributed by atoms with Crippen LogP contribution in [-0.4, -0.2) is 36.8 Å². The van der Waals surface area contributed by atoms with E-state index in [4.69, 9.17) is 9.47 Å². The van der Waals surface area contributed by atoms with Crippen molar-refractivity contribution in [2.24, 2.45) is 5.41 Å². The van der Waals surface area contributed by atoms with Crippen LogP contribution in [0, 0.1) is 5.41 Å². The number of benzene rings is 1. The van der Waals surface area contributed by atoms with Gasteiger partial charge in [-0.15, -0.1) is 0 Å². The number of piperidine rings is 1. The molecule has 0 aliphatic carbocycles. The lowest BCUT2D eigenvalue weighted by Gasteiger charge is -2.39. The van der Waals surface area contributed by atoms with Crippen molar-refractivity contribution in [3.8, 4) is 5.75 Å². The maximum atomic E-state index is 5.99. The first-order valence-corrected chi connectivity index (χ1v) is 8.65. The molecule has 0 unspecified atom stereocenters. The van der Waals surface area contributed by atoms with Crippen LogP contribution in [-0.2, 0) is 17.7 Å². The van der Waals surface area contributed by atoms with Crippen LogP contribution in [0.5, 0.6) is 5.75 Å². The summed E-state index contributed by atoms with van der Waals surface area (Å²) < 4.78 is 11.7. The molecule has 0 aromatic heterocycles. The minimum atomic E-state index is -0.0443. The number of hydrogen-bond acceptors (Lipinski definition) is 3. The summed E-state index contributed by atoms with van der Waals surface area (Å²) in [6, 6.07) is 6.76. The summed E-state index contributed by atoms with van der Waals surface area (Å²) in [4.78, 5) is 2.63. The highest BCUT2D eigenvalue weighted by atomic mass is 16.5. The Balaban J connectivity index is 1.46. The van der Waals surface area contributed by atoms with Gasteiger partial charge in [-0.05, 0) is 56.8 Å². The van der Waals surface area contributed by atoms with Crippen LogP contribution in [0.1, 0.15) is 44.2 Å². The van der Waals surface area contributed by atoms with Crippen LogP contribution in [0.2, 0.25) is 0 Å². The average Bonchev–Trinajstić information content (AvgIpc) is 3.01. The van der Waals surface area contributed by atoms with Crippen molar-refractivity contribution in [2.45, 2.75) is 51.7 Å². The summed E-state index contributed by atoms with van der Waals surface area (Å²) in [7, 11) is 0. The van der Waals surface area contributed by atoms with Gasteiger partial charge >= 0.3 is 0 Å². The van der Waals surface area contributed by atoms with E-state index in [1.807, 2.05) is 0 Å². The molecule has 1 aromatic carbocycles. The fourth-order valence-electron chi connectivity index (χ4n) is 4.44. The molecule has 3 aliphatic heterocycles. The quantitative estimate of drug-likeness (QED) is 0.835. The van der Waals surface area contributed by atoms with Gasteiger partial charge in [0.2, 0.25) is 0 Å². The summed E-state index contributed by atoms with van der Waals surface area (Å²) in [5.74, 6) is 1.08. The van der Waals surface area contributed by atoms with Gasteiger partial charge in [-0.25, -0.2) is 0 Å². The van der Waals surface area contributed by atoms with Crippen molar-refractivity contribution in [1.82, 2.24) is 4.90 Å². The van der Waals surface area contributed by atoms with Crippen molar-refractivity contribution in [3.63, 3.8) is 0 Å². The molecule has 3 nitrogen and oxygen atoms in total. The highest BCUT2D eigenvalue weighted by Gasteiger charge is 2.38. The monoisotopic (exact) mass is 301 g/mol. The van der Waals surface area contributed by atoms with E-state index < -0.39 is 0 Å². The van der Waals surface area contributed by atoms with Gasteiger partial charge in [0.25, 0.3) is 0 Å². The summed E-state index contributed by atoms with van der Waals surface area (Å²) in [5, 5.41) is 0. The highest BCUT2D eigenvalue weighted by Crippen LogP contribution is 2.39. The third-order valence-electron chi connectivity index (χ3n) is 5.46. The van der Waals surface area contributed by atoms with Crippen molar-refractivity contribution < 1.29 is 9.47 Å². The van der Waals surface area contributed by atoms with Crippen LogP contribution < -0.4 is 4.74 Å². The Morgan fingerprint density at radius 3 is 2.95 bits per heavy atom. The zero-order valence-corrected chi connectivity index (χ0v) is 13.9. The Morgan fingerprint density at radius 1 is 1.23 bits per heavy atom. The van der Waals surface area contributed by atoms with E-state index in [2.05, 4.69) is 36.9 Å². The van der Waals surface area contributed by atoms with Crippen molar-refractivity contribution in [2.75, 3.05) is 26.3 Å². The van der Waals surface area contributed by atoms with Crippen molar-refractivity contribution >= 4 is 0 Å². The van der Waals surface area contributed by atoms with Gasteiger partial charge in [-0.3, -0.25) is 4.90 Å². The van der Waals surface area contributed by atoms with Gasteiger partial charge < -0.3 is 9.47 Å². The van der Waals surface area contributed by atoms with E-state index in [-0.39, 0.29) is 5.60 Å². The Bertz CT molecular complexity index is 561. The number of likely N-dealkylation sites (tertiary alicyclic amines) is 1. The van der Waals surface area contributed by atoms with Crippen LogP contribution in [0.3, 0.4) is 0 Å². The van der Waals surface area contributed by atoms with Crippen molar-refractivity contribution in [3.05, 3.63) is 29.3 Å². The van der Waals surface area contributed by atoms with Gasteiger partial charge in [0, 0.05) is 31.5 Å². The van der Waals surface area contributed by atoms with Crippen LogP contribution >= 0.6 is 0 Å². The molecule has 3 aliphatic rings. The van der Waals surface area contributed by atoms with E-state index >= 15 is 0 Å². The third-order valence-corrected chi connectivity index (χ3v) is 5.46. The van der Waals surface area contributed by atoms with Crippen LogP contribution in [0.25, 0.3) is 0 Å². The highest BCUT2D eigenvalue weighted by molar-refractivity contribution is 5.41. The topological polar surface area (TPSA) is 21.7 Å². The fourth-order valence-corrected chi connectivity index (χ4v) is 4.44. The molecule has 1 spiro atoms. The average molecular weight is 301 g/mol. The second-order valence-corrected chi connectivity index (χ2v) is 8.10. The van der Waals surface area contributed by atoms with E-state index in [0.29, 0.717) is 5.41 Å². The Labute approximate surface area is 133 Å². The molecule has 0 N–H and O–H groups in total. The van der Waals surface area contributed by atoms with Gasteiger partial charge in [0.1, 0.15) is 11.4 Å². The van der Waals surface area contributed by atoms with Gasteiger partial charge in [-0.1, -0.05) is 12.1 Å². The second kappa shape index (κ2) is 5.24. The molecule has 1 atom stereocenters. The summed E-state index contributed by atoms with van der Waals surface area (Å²) in [5.41, 5.74) is 3.20. The second-order valence-electron chi connectivity index (χ2n) is 8.10. The number of nitrogens with zero attached hydrogens (tertiary/aromatic N) is 1. The molecule has 2 saturated heterocycles. The molecule has 0 bridgehead atoms. The zero-order valence-electron chi connectivity index (χ0n) is 13.9. The molecule has 0 radical (unpaired) electrons. The van der Waals surface area contributed by atoms with E-state index in [9.17, 15) is 0 Å². The molecule has 3 heteroatoms. The SMILES string of the molecule is CC1(C)Cc2cc(CN3CCC[C@]4(CCOC4)C3)ccc2O1. The predicted octanol–water partition coefficient (Wildman–Crippen LogP) is 3.40. The minimum absolute atomic E-state index is 0.0443. The first-order valence-electron chi connectivity index (χ1n) is 8.65. The van der Waals surface area contributed by atoms with Crippen LogP contribution in [0.15, 0.2) is 18.2 Å². The summed E-state index contributed by atoms with van der Waals surface area (Å²) in [6.45, 7) is 9.75. The third kappa shape index (κ3) is 2.77. The molecule has 0 amide bonds. The molecule has 2 fully saturated rings. The lowest BCUT2D eigenvalue weighted by atomic mass is 9.79.